The van der Waals surface area contributed by atoms with Crippen LogP contribution in [0, 0.1) is 12.8 Å². The van der Waals surface area contributed by atoms with Gasteiger partial charge in [-0.05, 0) is 50.3 Å². The van der Waals surface area contributed by atoms with Crippen LogP contribution in [0.5, 0.6) is 0 Å². The molecule has 5 heteroatoms. The number of carbonyl (C=O) groups excluding carboxylic acids is 1. The first-order chi connectivity index (χ1) is 9.49. The molecule has 4 nitrogen and oxygen atoms in total. The number of ether oxygens (including phenoxy) is 1. The van der Waals surface area contributed by atoms with Gasteiger partial charge in [0.25, 0.3) is 5.91 Å². The third kappa shape index (κ3) is 3.52. The van der Waals surface area contributed by atoms with Crippen molar-refractivity contribution in [3.63, 3.8) is 0 Å². The van der Waals surface area contributed by atoms with E-state index < -0.39 is 0 Å². The topological polar surface area (TPSA) is 64.4 Å². The van der Waals surface area contributed by atoms with Gasteiger partial charge in [0.1, 0.15) is 0 Å². The largest absolute Gasteiger partial charge is 0.398 e. The van der Waals surface area contributed by atoms with Crippen molar-refractivity contribution < 1.29 is 9.53 Å². The summed E-state index contributed by atoms with van der Waals surface area (Å²) in [4.78, 5) is 12.4. The Kier molecular flexibility index (Phi) is 5.05. The Morgan fingerprint density at radius 3 is 2.75 bits per heavy atom. The highest BCUT2D eigenvalue weighted by molar-refractivity contribution is 9.10. The summed E-state index contributed by atoms with van der Waals surface area (Å²) >= 11 is 3.38. The monoisotopic (exact) mass is 340 g/mol. The third-order valence-corrected chi connectivity index (χ3v) is 4.45. The molecule has 0 aliphatic carbocycles. The lowest BCUT2D eigenvalue weighted by atomic mass is 9.92. The number of nitrogens with one attached hydrogen (secondary N) is 1. The molecular weight excluding hydrogens is 320 g/mol. The average molecular weight is 341 g/mol. The first-order valence-electron chi connectivity index (χ1n) is 6.93. The lowest BCUT2D eigenvalue weighted by Crippen LogP contribution is -2.40. The van der Waals surface area contributed by atoms with Gasteiger partial charge in [-0.3, -0.25) is 4.79 Å². The summed E-state index contributed by atoms with van der Waals surface area (Å²) in [5, 5.41) is 3.09. The highest BCUT2D eigenvalue weighted by Crippen LogP contribution is 2.24. The molecule has 1 amide bonds. The molecule has 1 atom stereocenters. The Morgan fingerprint density at radius 1 is 1.45 bits per heavy atom. The summed E-state index contributed by atoms with van der Waals surface area (Å²) in [7, 11) is 0. The molecule has 1 aromatic carbocycles. The summed E-state index contributed by atoms with van der Waals surface area (Å²) in [6.45, 7) is 5.50. The highest BCUT2D eigenvalue weighted by Gasteiger charge is 2.23. The van der Waals surface area contributed by atoms with E-state index in [0.29, 0.717) is 17.2 Å². The Balaban J connectivity index is 2.08. The number of hydrogen-bond donors (Lipinski definition) is 2. The molecule has 110 valence electrons. The first kappa shape index (κ1) is 15.3. The summed E-state index contributed by atoms with van der Waals surface area (Å²) in [6.07, 6.45) is 2.00. The molecule has 0 spiro atoms. The fourth-order valence-corrected chi connectivity index (χ4v) is 3.03. The van der Waals surface area contributed by atoms with Crippen molar-refractivity contribution in [2.24, 2.45) is 5.92 Å². The van der Waals surface area contributed by atoms with Crippen LogP contribution in [0.3, 0.4) is 0 Å². The van der Waals surface area contributed by atoms with Crippen molar-refractivity contribution in [1.29, 1.82) is 0 Å². The van der Waals surface area contributed by atoms with Crippen molar-refractivity contribution in [2.75, 3.05) is 18.9 Å². The summed E-state index contributed by atoms with van der Waals surface area (Å²) in [6, 6.07) is 3.78. The van der Waals surface area contributed by atoms with Gasteiger partial charge in [0.05, 0.1) is 0 Å². The quantitative estimate of drug-likeness (QED) is 0.831. The number of carbonyl (C=O) groups is 1. The Labute approximate surface area is 128 Å². The fourth-order valence-electron chi connectivity index (χ4n) is 2.55. The number of anilines is 1. The lowest BCUT2D eigenvalue weighted by molar-refractivity contribution is 0.0538. The van der Waals surface area contributed by atoms with Crippen LogP contribution >= 0.6 is 15.9 Å². The van der Waals surface area contributed by atoms with E-state index in [1.54, 1.807) is 0 Å². The fraction of sp³-hybridized carbons (Fsp3) is 0.533. The molecule has 0 bridgehead atoms. The van der Waals surface area contributed by atoms with E-state index in [0.717, 1.165) is 36.1 Å². The zero-order valence-corrected chi connectivity index (χ0v) is 13.5. The number of nitrogens with two attached hydrogens (primary N) is 1. The van der Waals surface area contributed by atoms with Crippen molar-refractivity contribution in [3.05, 3.63) is 27.7 Å². The maximum atomic E-state index is 12.4. The van der Waals surface area contributed by atoms with Crippen LogP contribution in [0.2, 0.25) is 0 Å². The smallest absolute Gasteiger partial charge is 0.251 e. The highest BCUT2D eigenvalue weighted by atomic mass is 79.9. The van der Waals surface area contributed by atoms with Crippen molar-refractivity contribution in [1.82, 2.24) is 5.32 Å². The number of benzene rings is 1. The number of halogens is 1. The molecule has 1 aromatic rings. The van der Waals surface area contributed by atoms with E-state index in [1.165, 1.54) is 0 Å². The van der Waals surface area contributed by atoms with E-state index in [-0.39, 0.29) is 11.9 Å². The second-order valence-electron chi connectivity index (χ2n) is 5.38. The number of nitrogen functional groups attached to an aromatic ring is 1. The van der Waals surface area contributed by atoms with Gasteiger partial charge in [0, 0.05) is 35.0 Å². The molecule has 0 saturated carbocycles. The van der Waals surface area contributed by atoms with E-state index >= 15 is 0 Å². The lowest BCUT2D eigenvalue weighted by Gasteiger charge is -2.28. The zero-order chi connectivity index (χ0) is 14.7. The molecule has 1 fully saturated rings. The molecule has 1 unspecified atom stereocenters. The minimum Gasteiger partial charge on any atom is -0.398 e. The molecule has 3 N–H and O–H groups in total. The van der Waals surface area contributed by atoms with Crippen LogP contribution < -0.4 is 11.1 Å². The number of hydrogen-bond acceptors (Lipinski definition) is 3. The first-order valence-corrected chi connectivity index (χ1v) is 7.72. The van der Waals surface area contributed by atoms with Crippen molar-refractivity contribution >= 4 is 27.5 Å². The maximum Gasteiger partial charge on any atom is 0.251 e. The van der Waals surface area contributed by atoms with Crippen LogP contribution in [0.1, 0.15) is 35.7 Å². The molecular formula is C15H21BrN2O2. The molecule has 1 aliphatic heterocycles. The SMILES string of the molecule is Cc1c(N)cc(Br)cc1C(=O)NC(C)C1CCOCC1. The molecule has 1 heterocycles. The van der Waals surface area contributed by atoms with E-state index in [2.05, 4.69) is 28.2 Å². The van der Waals surface area contributed by atoms with Gasteiger partial charge in [0.15, 0.2) is 0 Å². The second-order valence-corrected chi connectivity index (χ2v) is 6.30. The van der Waals surface area contributed by atoms with E-state index in [9.17, 15) is 4.79 Å². The average Bonchev–Trinajstić information content (AvgIpc) is 2.43. The second kappa shape index (κ2) is 6.59. The predicted octanol–water partition coefficient (Wildman–Crippen LogP) is 2.88. The molecule has 2 rings (SSSR count). The predicted molar refractivity (Wildman–Crippen MR) is 83.8 cm³/mol. The van der Waals surface area contributed by atoms with E-state index in [1.807, 2.05) is 19.1 Å². The summed E-state index contributed by atoms with van der Waals surface area (Å²) in [5.41, 5.74) is 7.99. The van der Waals surface area contributed by atoms with Gasteiger partial charge in [0.2, 0.25) is 0 Å². The number of amides is 1. The molecule has 0 aromatic heterocycles. The summed E-state index contributed by atoms with van der Waals surface area (Å²) in [5.74, 6) is 0.423. The van der Waals surface area contributed by atoms with Crippen LogP contribution in [0.15, 0.2) is 16.6 Å². The summed E-state index contributed by atoms with van der Waals surface area (Å²) < 4.78 is 6.18. The van der Waals surface area contributed by atoms with Crippen LogP contribution in [0.25, 0.3) is 0 Å². The van der Waals surface area contributed by atoms with Crippen LogP contribution in [-0.2, 0) is 4.74 Å². The number of rotatable bonds is 3. The van der Waals surface area contributed by atoms with Gasteiger partial charge < -0.3 is 15.8 Å². The van der Waals surface area contributed by atoms with Gasteiger partial charge >= 0.3 is 0 Å². The van der Waals surface area contributed by atoms with Crippen molar-refractivity contribution in [2.45, 2.75) is 32.7 Å². The maximum absolute atomic E-state index is 12.4. The van der Waals surface area contributed by atoms with Gasteiger partial charge in [-0.2, -0.15) is 0 Å². The standard InChI is InChI=1S/C15H21BrN2O2/c1-9-13(7-12(16)8-14(9)17)15(19)18-10(2)11-3-5-20-6-4-11/h7-8,10-11H,3-6,17H2,1-2H3,(H,18,19). The Morgan fingerprint density at radius 2 is 2.10 bits per heavy atom. The third-order valence-electron chi connectivity index (χ3n) is 3.99. The van der Waals surface area contributed by atoms with Gasteiger partial charge in [-0.1, -0.05) is 15.9 Å². The van der Waals surface area contributed by atoms with Gasteiger partial charge in [-0.25, -0.2) is 0 Å². The zero-order valence-electron chi connectivity index (χ0n) is 11.9. The van der Waals surface area contributed by atoms with Gasteiger partial charge in [-0.15, -0.1) is 0 Å². The molecule has 0 radical (unpaired) electrons. The van der Waals surface area contributed by atoms with Crippen molar-refractivity contribution in [3.8, 4) is 0 Å². The molecule has 20 heavy (non-hydrogen) atoms. The van der Waals surface area contributed by atoms with E-state index in [4.69, 9.17) is 10.5 Å². The molecule has 1 aliphatic rings. The normalized spacial score (nSPS) is 17.8. The van der Waals surface area contributed by atoms with Crippen LogP contribution in [0.4, 0.5) is 5.69 Å². The minimum atomic E-state index is -0.0607. The Bertz CT molecular complexity index is 499. The molecule has 1 saturated heterocycles. The Hall–Kier alpha value is -1.07. The van der Waals surface area contributed by atoms with Crippen LogP contribution in [-0.4, -0.2) is 25.2 Å². The minimum absolute atomic E-state index is 0.0607.